The highest BCUT2D eigenvalue weighted by Crippen LogP contribution is 2.12. The molecule has 5 nitrogen and oxygen atoms in total. The van der Waals surface area contributed by atoms with E-state index in [1.165, 1.54) is 0 Å². The fourth-order valence-electron chi connectivity index (χ4n) is 1.05. The summed E-state index contributed by atoms with van der Waals surface area (Å²) >= 11 is 0. The van der Waals surface area contributed by atoms with Gasteiger partial charge < -0.3 is 10.8 Å². The Hall–Kier alpha value is -1.36. The second kappa shape index (κ2) is 2.94. The Morgan fingerprint density at radius 3 is 2.75 bits per heavy atom. The average Bonchev–Trinajstić information content (AvgIpc) is 2.28. The van der Waals surface area contributed by atoms with Crippen molar-refractivity contribution in [3.05, 3.63) is 17.5 Å². The van der Waals surface area contributed by atoms with Gasteiger partial charge in [-0.05, 0) is 12.5 Å². The number of aryl methyl sites for hydroxylation is 2. The zero-order chi connectivity index (χ0) is 9.30. The van der Waals surface area contributed by atoms with E-state index in [0.717, 1.165) is 5.56 Å². The lowest BCUT2D eigenvalue weighted by molar-refractivity contribution is -0.138. The Kier molecular flexibility index (Phi) is 2.14. The van der Waals surface area contributed by atoms with Crippen molar-refractivity contribution in [1.29, 1.82) is 0 Å². The van der Waals surface area contributed by atoms with Crippen LogP contribution < -0.4 is 5.73 Å². The van der Waals surface area contributed by atoms with Crippen molar-refractivity contribution >= 4 is 5.97 Å². The van der Waals surface area contributed by atoms with Crippen LogP contribution in [0.5, 0.6) is 0 Å². The summed E-state index contributed by atoms with van der Waals surface area (Å²) in [4.78, 5) is 10.5. The number of aliphatic carboxylic acids is 1. The van der Waals surface area contributed by atoms with Gasteiger partial charge in [-0.2, -0.15) is 5.10 Å². The largest absolute Gasteiger partial charge is 0.480 e. The molecule has 3 N–H and O–H groups in total. The summed E-state index contributed by atoms with van der Waals surface area (Å²) in [5, 5.41) is 12.5. The molecular weight excluding hydrogens is 158 g/mol. The van der Waals surface area contributed by atoms with Crippen molar-refractivity contribution < 1.29 is 9.90 Å². The summed E-state index contributed by atoms with van der Waals surface area (Å²) in [5.74, 6) is -1.06. The Labute approximate surface area is 69.8 Å². The lowest BCUT2D eigenvalue weighted by atomic mass is 10.1. The monoisotopic (exact) mass is 169 g/mol. The van der Waals surface area contributed by atoms with E-state index in [0.29, 0.717) is 5.69 Å². The number of hydrogen-bond acceptors (Lipinski definition) is 3. The van der Waals surface area contributed by atoms with Gasteiger partial charge in [0.15, 0.2) is 0 Å². The van der Waals surface area contributed by atoms with Crippen LogP contribution >= 0.6 is 0 Å². The molecule has 5 heteroatoms. The van der Waals surface area contributed by atoms with Crippen molar-refractivity contribution in [1.82, 2.24) is 9.78 Å². The maximum Gasteiger partial charge on any atom is 0.326 e. The summed E-state index contributed by atoms with van der Waals surface area (Å²) in [6, 6.07) is -1.02. The smallest absolute Gasteiger partial charge is 0.326 e. The van der Waals surface area contributed by atoms with E-state index in [2.05, 4.69) is 5.10 Å². The minimum absolute atomic E-state index is 0.421. The van der Waals surface area contributed by atoms with E-state index in [-0.39, 0.29) is 0 Å². The molecule has 66 valence electrons. The number of aromatic nitrogens is 2. The molecular formula is C7H11N3O2. The predicted molar refractivity (Wildman–Crippen MR) is 42.5 cm³/mol. The fraction of sp³-hybridized carbons (Fsp3) is 0.429. The van der Waals surface area contributed by atoms with Crippen molar-refractivity contribution in [2.45, 2.75) is 13.0 Å². The highest BCUT2D eigenvalue weighted by molar-refractivity contribution is 5.74. The van der Waals surface area contributed by atoms with Crippen LogP contribution in [-0.4, -0.2) is 20.9 Å². The molecule has 12 heavy (non-hydrogen) atoms. The van der Waals surface area contributed by atoms with Crippen molar-refractivity contribution in [2.75, 3.05) is 0 Å². The molecule has 0 radical (unpaired) electrons. The van der Waals surface area contributed by atoms with E-state index in [1.807, 2.05) is 0 Å². The lowest BCUT2D eigenvalue weighted by Gasteiger charge is -2.02. The molecule has 0 saturated carbocycles. The van der Waals surface area contributed by atoms with E-state index in [9.17, 15) is 4.79 Å². The molecule has 0 saturated heterocycles. The number of hydrogen-bond donors (Lipinski definition) is 2. The molecule has 0 bridgehead atoms. The quantitative estimate of drug-likeness (QED) is 0.643. The number of nitrogens with two attached hydrogens (primary N) is 1. The maximum atomic E-state index is 10.5. The third kappa shape index (κ3) is 1.45. The first-order valence-corrected chi connectivity index (χ1v) is 3.51. The number of rotatable bonds is 2. The molecule has 0 aliphatic rings. The molecule has 0 aliphatic heterocycles. The molecule has 0 spiro atoms. The third-order valence-electron chi connectivity index (χ3n) is 1.61. The topological polar surface area (TPSA) is 81.1 Å². The van der Waals surface area contributed by atoms with Crippen LogP contribution in [0, 0.1) is 6.92 Å². The van der Waals surface area contributed by atoms with Gasteiger partial charge >= 0.3 is 5.97 Å². The summed E-state index contributed by atoms with van der Waals surface area (Å²) in [5.41, 5.74) is 6.60. The first-order chi connectivity index (χ1) is 5.52. The molecule has 1 atom stereocenters. The minimum Gasteiger partial charge on any atom is -0.480 e. The van der Waals surface area contributed by atoms with Crippen molar-refractivity contribution in [3.63, 3.8) is 0 Å². The molecule has 0 aliphatic carbocycles. The molecule has 1 unspecified atom stereocenters. The zero-order valence-electron chi connectivity index (χ0n) is 6.98. The molecule has 0 aromatic carbocycles. The van der Waals surface area contributed by atoms with Crippen LogP contribution in [0.25, 0.3) is 0 Å². The van der Waals surface area contributed by atoms with Gasteiger partial charge in [-0.15, -0.1) is 0 Å². The summed E-state index contributed by atoms with van der Waals surface area (Å²) in [7, 11) is 1.73. The van der Waals surface area contributed by atoms with Crippen molar-refractivity contribution in [2.24, 2.45) is 12.8 Å². The van der Waals surface area contributed by atoms with Crippen LogP contribution in [0.4, 0.5) is 0 Å². The van der Waals surface area contributed by atoms with Crippen LogP contribution in [0.1, 0.15) is 17.3 Å². The van der Waals surface area contributed by atoms with E-state index in [4.69, 9.17) is 10.8 Å². The number of nitrogens with zero attached hydrogens (tertiary/aromatic N) is 2. The van der Waals surface area contributed by atoms with Crippen molar-refractivity contribution in [3.8, 4) is 0 Å². The minimum atomic E-state index is -1.06. The fourth-order valence-corrected chi connectivity index (χ4v) is 1.05. The standard InChI is InChI=1S/C7H11N3O2/c1-4-3-10(2)9-6(4)5(8)7(11)12/h3,5H,8H2,1-2H3,(H,11,12). The van der Waals surface area contributed by atoms with Gasteiger partial charge in [0.1, 0.15) is 6.04 Å². The number of carbonyl (C=O) groups is 1. The van der Waals surface area contributed by atoms with Crippen LogP contribution in [0.15, 0.2) is 6.20 Å². The van der Waals surface area contributed by atoms with Gasteiger partial charge in [0.2, 0.25) is 0 Å². The van der Waals surface area contributed by atoms with Crippen LogP contribution in [0.2, 0.25) is 0 Å². The van der Waals surface area contributed by atoms with Gasteiger partial charge in [-0.3, -0.25) is 9.48 Å². The first kappa shape index (κ1) is 8.73. The molecule has 0 amide bonds. The molecule has 1 heterocycles. The summed E-state index contributed by atoms with van der Waals surface area (Å²) < 4.78 is 1.55. The Balaban J connectivity index is 3.02. The second-order valence-electron chi connectivity index (χ2n) is 2.69. The van der Waals surface area contributed by atoms with Gasteiger partial charge in [-0.25, -0.2) is 0 Å². The van der Waals surface area contributed by atoms with Gasteiger partial charge in [0.25, 0.3) is 0 Å². The van der Waals surface area contributed by atoms with E-state index in [1.54, 1.807) is 24.9 Å². The Bertz CT molecular complexity index is 306. The van der Waals surface area contributed by atoms with Gasteiger partial charge in [0, 0.05) is 13.2 Å². The average molecular weight is 169 g/mol. The molecule has 0 fully saturated rings. The van der Waals surface area contributed by atoms with Gasteiger partial charge in [-0.1, -0.05) is 0 Å². The second-order valence-corrected chi connectivity index (χ2v) is 2.69. The number of carboxylic acid groups (broad SMARTS) is 1. The zero-order valence-corrected chi connectivity index (χ0v) is 6.98. The Morgan fingerprint density at radius 1 is 1.83 bits per heavy atom. The van der Waals surface area contributed by atoms with Crippen LogP contribution in [0.3, 0.4) is 0 Å². The normalized spacial score (nSPS) is 12.9. The Morgan fingerprint density at radius 2 is 2.42 bits per heavy atom. The number of carboxylic acids is 1. The highest BCUT2D eigenvalue weighted by Gasteiger charge is 2.19. The molecule has 1 aromatic heterocycles. The predicted octanol–water partition coefficient (Wildman–Crippen LogP) is -0.187. The maximum absolute atomic E-state index is 10.5. The molecule has 1 aromatic rings. The van der Waals surface area contributed by atoms with E-state index < -0.39 is 12.0 Å². The third-order valence-corrected chi connectivity index (χ3v) is 1.61. The van der Waals surface area contributed by atoms with E-state index >= 15 is 0 Å². The summed E-state index contributed by atoms with van der Waals surface area (Å²) in [6.07, 6.45) is 1.73. The summed E-state index contributed by atoms with van der Waals surface area (Å²) in [6.45, 7) is 1.78. The lowest BCUT2D eigenvalue weighted by Crippen LogP contribution is -2.22. The SMILES string of the molecule is Cc1cn(C)nc1C(N)C(=O)O. The van der Waals surface area contributed by atoms with Gasteiger partial charge in [0.05, 0.1) is 5.69 Å². The molecule has 1 rings (SSSR count). The van der Waals surface area contributed by atoms with Crippen LogP contribution in [-0.2, 0) is 11.8 Å². The highest BCUT2D eigenvalue weighted by atomic mass is 16.4. The first-order valence-electron chi connectivity index (χ1n) is 3.51.